The molecule has 0 radical (unpaired) electrons. The number of nitrogen functional groups attached to an aromatic ring is 1. The fourth-order valence-corrected chi connectivity index (χ4v) is 2.33. The zero-order valence-electron chi connectivity index (χ0n) is 9.82. The first-order valence-electron chi connectivity index (χ1n) is 5.82. The van der Waals surface area contributed by atoms with E-state index < -0.39 is 0 Å². The Morgan fingerprint density at radius 2 is 2.29 bits per heavy atom. The predicted octanol–water partition coefficient (Wildman–Crippen LogP) is 2.33. The summed E-state index contributed by atoms with van der Waals surface area (Å²) in [7, 11) is 0. The summed E-state index contributed by atoms with van der Waals surface area (Å²) < 4.78 is 0. The predicted molar refractivity (Wildman–Crippen MR) is 68.0 cm³/mol. The Bertz CT molecular complexity index is 436. The third-order valence-corrected chi connectivity index (χ3v) is 3.44. The molecule has 1 amide bonds. The Balaban J connectivity index is 2.26. The van der Waals surface area contributed by atoms with Crippen LogP contribution in [0.15, 0.2) is 12.1 Å². The molecule has 17 heavy (non-hydrogen) atoms. The van der Waals surface area contributed by atoms with E-state index in [2.05, 4.69) is 11.9 Å². The highest BCUT2D eigenvalue weighted by Crippen LogP contribution is 2.22. The van der Waals surface area contributed by atoms with Gasteiger partial charge in [-0.15, -0.1) is 0 Å². The first-order valence-corrected chi connectivity index (χ1v) is 6.20. The maximum atomic E-state index is 12.3. The fraction of sp³-hybridized carbons (Fsp3) is 0.500. The van der Waals surface area contributed by atoms with Crippen LogP contribution in [-0.2, 0) is 0 Å². The molecular formula is C12H16ClN3O. The largest absolute Gasteiger partial charge is 0.384 e. The molecular weight excluding hydrogens is 238 g/mol. The van der Waals surface area contributed by atoms with Crippen molar-refractivity contribution in [1.29, 1.82) is 0 Å². The van der Waals surface area contributed by atoms with Crippen LogP contribution in [-0.4, -0.2) is 28.4 Å². The first kappa shape index (κ1) is 12.2. The van der Waals surface area contributed by atoms with Crippen molar-refractivity contribution in [3.63, 3.8) is 0 Å². The molecule has 0 spiro atoms. The van der Waals surface area contributed by atoms with Gasteiger partial charge in [0.25, 0.3) is 5.91 Å². The second-order valence-electron chi connectivity index (χ2n) is 4.41. The van der Waals surface area contributed by atoms with Crippen LogP contribution in [0.1, 0.15) is 36.7 Å². The second-order valence-corrected chi connectivity index (χ2v) is 4.82. The van der Waals surface area contributed by atoms with Gasteiger partial charge >= 0.3 is 0 Å². The fourth-order valence-electron chi connectivity index (χ4n) is 2.14. The number of nitrogens with zero attached hydrogens (tertiary/aromatic N) is 2. The summed E-state index contributed by atoms with van der Waals surface area (Å²) in [5.41, 5.74) is 5.85. The Kier molecular flexibility index (Phi) is 3.52. The lowest BCUT2D eigenvalue weighted by Gasteiger charge is -2.33. The van der Waals surface area contributed by atoms with Gasteiger partial charge in [-0.25, -0.2) is 4.98 Å². The molecule has 0 bridgehead atoms. The summed E-state index contributed by atoms with van der Waals surface area (Å²) in [5.74, 6) is 0.205. The van der Waals surface area contributed by atoms with Gasteiger partial charge in [-0.05, 0) is 38.3 Å². The van der Waals surface area contributed by atoms with Gasteiger partial charge in [0.15, 0.2) is 0 Å². The van der Waals surface area contributed by atoms with E-state index in [-0.39, 0.29) is 17.6 Å². The summed E-state index contributed by atoms with van der Waals surface area (Å²) in [6.07, 6.45) is 3.24. The van der Waals surface area contributed by atoms with Crippen molar-refractivity contribution in [3.8, 4) is 0 Å². The molecule has 1 aromatic rings. The molecule has 1 aliphatic rings. The molecule has 0 aliphatic carbocycles. The van der Waals surface area contributed by atoms with Gasteiger partial charge in [0.2, 0.25) is 0 Å². The van der Waals surface area contributed by atoms with Crippen LogP contribution in [0, 0.1) is 0 Å². The van der Waals surface area contributed by atoms with E-state index in [1.165, 1.54) is 6.42 Å². The molecule has 2 N–H and O–H groups in total. The number of hydrogen-bond acceptors (Lipinski definition) is 3. The monoisotopic (exact) mass is 253 g/mol. The molecule has 1 fully saturated rings. The van der Waals surface area contributed by atoms with E-state index in [4.69, 9.17) is 17.3 Å². The molecule has 92 valence electrons. The highest BCUT2D eigenvalue weighted by atomic mass is 35.5. The molecule has 0 saturated carbocycles. The highest BCUT2D eigenvalue weighted by molar-refractivity contribution is 6.33. The summed E-state index contributed by atoms with van der Waals surface area (Å²) in [5, 5.41) is 0.363. The summed E-state index contributed by atoms with van der Waals surface area (Å²) in [6, 6.07) is 3.46. The van der Waals surface area contributed by atoms with Gasteiger partial charge in [0.05, 0.1) is 5.02 Å². The van der Waals surface area contributed by atoms with E-state index >= 15 is 0 Å². The quantitative estimate of drug-likeness (QED) is 0.836. The zero-order valence-corrected chi connectivity index (χ0v) is 10.6. The van der Waals surface area contributed by atoms with Gasteiger partial charge in [0, 0.05) is 12.6 Å². The van der Waals surface area contributed by atoms with Gasteiger partial charge in [-0.1, -0.05) is 11.6 Å². The third-order valence-electron chi connectivity index (χ3n) is 3.13. The van der Waals surface area contributed by atoms with Crippen molar-refractivity contribution in [2.45, 2.75) is 32.2 Å². The van der Waals surface area contributed by atoms with E-state index in [0.29, 0.717) is 10.8 Å². The molecule has 1 aliphatic heterocycles. The van der Waals surface area contributed by atoms with Crippen molar-refractivity contribution in [2.75, 3.05) is 12.3 Å². The number of halogens is 1. The van der Waals surface area contributed by atoms with Gasteiger partial charge in [-0.2, -0.15) is 0 Å². The summed E-state index contributed by atoms with van der Waals surface area (Å²) in [6.45, 7) is 2.82. The van der Waals surface area contributed by atoms with Crippen LogP contribution in [0.4, 0.5) is 5.82 Å². The van der Waals surface area contributed by atoms with E-state index in [1.54, 1.807) is 12.1 Å². The molecule has 2 heterocycles. The molecule has 4 nitrogen and oxygen atoms in total. The standard InChI is InChI=1S/C12H16ClN3O/c1-8-4-2-3-7-16(8)12(17)11-9(13)5-6-10(14)15-11/h5-6,8H,2-4,7H2,1H3,(H2,14,15). The van der Waals surface area contributed by atoms with E-state index in [9.17, 15) is 4.79 Å². The van der Waals surface area contributed by atoms with Crippen molar-refractivity contribution >= 4 is 23.3 Å². The van der Waals surface area contributed by atoms with Crippen molar-refractivity contribution in [1.82, 2.24) is 9.88 Å². The number of carbonyl (C=O) groups excluding carboxylic acids is 1. The van der Waals surface area contributed by atoms with E-state index in [1.807, 2.05) is 4.90 Å². The molecule has 1 atom stereocenters. The number of aromatic nitrogens is 1. The number of carbonyl (C=O) groups is 1. The maximum absolute atomic E-state index is 12.3. The Labute approximate surface area is 106 Å². The minimum absolute atomic E-state index is 0.116. The molecule has 2 rings (SSSR count). The van der Waals surface area contributed by atoms with Crippen LogP contribution in [0.3, 0.4) is 0 Å². The average molecular weight is 254 g/mol. The summed E-state index contributed by atoms with van der Waals surface area (Å²) >= 11 is 5.99. The van der Waals surface area contributed by atoms with Gasteiger partial charge in [0.1, 0.15) is 11.5 Å². The molecule has 0 aromatic carbocycles. The molecule has 5 heteroatoms. The average Bonchev–Trinajstić information content (AvgIpc) is 2.32. The van der Waals surface area contributed by atoms with Crippen LogP contribution >= 0.6 is 11.6 Å². The smallest absolute Gasteiger partial charge is 0.274 e. The second kappa shape index (κ2) is 4.92. The maximum Gasteiger partial charge on any atom is 0.274 e. The number of likely N-dealkylation sites (tertiary alicyclic amines) is 1. The lowest BCUT2D eigenvalue weighted by molar-refractivity contribution is 0.0630. The number of amides is 1. The molecule has 1 unspecified atom stereocenters. The Morgan fingerprint density at radius 3 is 3.00 bits per heavy atom. The number of rotatable bonds is 1. The topological polar surface area (TPSA) is 59.2 Å². The van der Waals surface area contributed by atoms with E-state index in [0.717, 1.165) is 19.4 Å². The van der Waals surface area contributed by atoms with Gasteiger partial charge < -0.3 is 10.6 Å². The summed E-state index contributed by atoms with van der Waals surface area (Å²) in [4.78, 5) is 18.2. The number of nitrogens with two attached hydrogens (primary N) is 1. The minimum Gasteiger partial charge on any atom is -0.384 e. The molecule has 1 aromatic heterocycles. The van der Waals surface area contributed by atoms with Crippen LogP contribution in [0.5, 0.6) is 0 Å². The number of anilines is 1. The highest BCUT2D eigenvalue weighted by Gasteiger charge is 2.26. The van der Waals surface area contributed by atoms with Crippen LogP contribution < -0.4 is 5.73 Å². The number of piperidine rings is 1. The molecule has 1 saturated heterocycles. The first-order chi connectivity index (χ1) is 8.09. The Hall–Kier alpha value is -1.29. The van der Waals surface area contributed by atoms with Crippen molar-refractivity contribution in [3.05, 3.63) is 22.8 Å². The third kappa shape index (κ3) is 2.52. The van der Waals surface area contributed by atoms with Crippen LogP contribution in [0.2, 0.25) is 5.02 Å². The lowest BCUT2D eigenvalue weighted by Crippen LogP contribution is -2.42. The number of pyridine rings is 1. The number of hydrogen-bond donors (Lipinski definition) is 1. The minimum atomic E-state index is -0.116. The lowest BCUT2D eigenvalue weighted by atomic mass is 10.0. The van der Waals surface area contributed by atoms with Gasteiger partial charge in [-0.3, -0.25) is 4.79 Å². The SMILES string of the molecule is CC1CCCCN1C(=O)c1nc(N)ccc1Cl. The van der Waals surface area contributed by atoms with Crippen molar-refractivity contribution < 1.29 is 4.79 Å². The van der Waals surface area contributed by atoms with Crippen LogP contribution in [0.25, 0.3) is 0 Å². The normalized spacial score (nSPS) is 20.4. The zero-order chi connectivity index (χ0) is 12.4. The van der Waals surface area contributed by atoms with Crippen molar-refractivity contribution in [2.24, 2.45) is 0 Å². The Morgan fingerprint density at radius 1 is 1.53 bits per heavy atom.